The Kier molecular flexibility index (Phi) is 8.94. The molecule has 19 heavy (non-hydrogen) atoms. The lowest BCUT2D eigenvalue weighted by atomic mass is 10.1. The van der Waals surface area contributed by atoms with Gasteiger partial charge in [-0.15, -0.1) is 0 Å². The summed E-state index contributed by atoms with van der Waals surface area (Å²) in [6.07, 6.45) is 15.2. The summed E-state index contributed by atoms with van der Waals surface area (Å²) in [4.78, 5) is 4.54. The fourth-order valence-corrected chi connectivity index (χ4v) is 2.56. The molecule has 0 radical (unpaired) electrons. The van der Waals surface area contributed by atoms with Gasteiger partial charge >= 0.3 is 0 Å². The molecule has 2 unspecified atom stereocenters. The zero-order valence-electron chi connectivity index (χ0n) is 13.3. The molecular weight excluding hydrogens is 234 g/mol. The van der Waals surface area contributed by atoms with Crippen molar-refractivity contribution in [3.8, 4) is 0 Å². The molecule has 1 rings (SSSR count). The Morgan fingerprint density at radius 3 is 1.84 bits per heavy atom. The van der Waals surface area contributed by atoms with Crippen LogP contribution < -0.4 is 0 Å². The highest BCUT2D eigenvalue weighted by Gasteiger charge is 2.21. The maximum absolute atomic E-state index is 5.71. The summed E-state index contributed by atoms with van der Waals surface area (Å²) in [5.74, 6) is 1.000. The molecule has 0 aromatic heterocycles. The second-order valence-corrected chi connectivity index (χ2v) is 6.02. The molecule has 0 saturated carbocycles. The standard InChI is InChI=1S/C17H33NO/c1-4-5-6-7-8-9-10-11-12-13-14-17-18-15(2)16(3)19-17/h15-16H,4-14H2,1-3H3. The minimum absolute atomic E-state index is 0.290. The monoisotopic (exact) mass is 267 g/mol. The SMILES string of the molecule is CCCCCCCCCCCCC1=NC(C)C(C)O1. The van der Waals surface area contributed by atoms with Gasteiger partial charge in [0, 0.05) is 6.42 Å². The van der Waals surface area contributed by atoms with Crippen molar-refractivity contribution in [2.24, 2.45) is 4.99 Å². The zero-order valence-corrected chi connectivity index (χ0v) is 13.3. The van der Waals surface area contributed by atoms with Crippen LogP contribution in [0.15, 0.2) is 4.99 Å². The van der Waals surface area contributed by atoms with Crippen molar-refractivity contribution >= 4 is 5.90 Å². The van der Waals surface area contributed by atoms with Crippen molar-refractivity contribution in [3.05, 3.63) is 0 Å². The maximum atomic E-state index is 5.71. The van der Waals surface area contributed by atoms with E-state index in [9.17, 15) is 0 Å². The Bertz CT molecular complexity index is 250. The predicted octanol–water partition coefficient (Wildman–Crippen LogP) is 5.50. The third-order valence-corrected chi connectivity index (χ3v) is 4.09. The van der Waals surface area contributed by atoms with Gasteiger partial charge in [0.15, 0.2) is 5.90 Å². The number of unbranched alkanes of at least 4 members (excludes halogenated alkanes) is 9. The number of ether oxygens (including phenoxy) is 1. The third kappa shape index (κ3) is 7.59. The molecule has 2 nitrogen and oxygen atoms in total. The molecule has 0 aromatic carbocycles. The molecule has 2 heteroatoms. The molecule has 1 aliphatic heterocycles. The van der Waals surface area contributed by atoms with Crippen LogP contribution in [-0.2, 0) is 4.74 Å². The molecule has 0 spiro atoms. The van der Waals surface area contributed by atoms with Gasteiger partial charge in [0.1, 0.15) is 6.10 Å². The van der Waals surface area contributed by atoms with E-state index < -0.39 is 0 Å². The molecule has 0 fully saturated rings. The average molecular weight is 267 g/mol. The summed E-state index contributed by atoms with van der Waals surface area (Å²) in [5.41, 5.74) is 0. The van der Waals surface area contributed by atoms with Gasteiger partial charge in [-0.05, 0) is 20.3 Å². The number of nitrogens with zero attached hydrogens (tertiary/aromatic N) is 1. The maximum Gasteiger partial charge on any atom is 0.183 e. The average Bonchev–Trinajstić information content (AvgIpc) is 2.71. The zero-order chi connectivity index (χ0) is 13.9. The number of rotatable bonds is 11. The summed E-state index contributed by atoms with van der Waals surface area (Å²) in [6, 6.07) is 0.359. The first kappa shape index (κ1) is 16.5. The van der Waals surface area contributed by atoms with E-state index in [1.807, 2.05) is 0 Å². The molecule has 0 N–H and O–H groups in total. The van der Waals surface area contributed by atoms with Crippen molar-refractivity contribution in [2.45, 2.75) is 104 Å². The van der Waals surface area contributed by atoms with Gasteiger partial charge in [-0.25, -0.2) is 4.99 Å². The highest BCUT2D eigenvalue weighted by molar-refractivity contribution is 5.77. The first-order valence-electron chi connectivity index (χ1n) is 8.47. The molecule has 0 amide bonds. The smallest absolute Gasteiger partial charge is 0.183 e. The van der Waals surface area contributed by atoms with Gasteiger partial charge in [0.2, 0.25) is 0 Å². The fraction of sp³-hybridized carbons (Fsp3) is 0.941. The van der Waals surface area contributed by atoms with Crippen LogP contribution in [0.5, 0.6) is 0 Å². The molecule has 1 heterocycles. The Balaban J connectivity index is 1.83. The van der Waals surface area contributed by atoms with E-state index in [0.29, 0.717) is 6.04 Å². The van der Waals surface area contributed by atoms with Crippen LogP contribution in [0.2, 0.25) is 0 Å². The molecule has 2 atom stereocenters. The van der Waals surface area contributed by atoms with E-state index in [0.717, 1.165) is 12.3 Å². The Labute approximate surface area is 120 Å². The fourth-order valence-electron chi connectivity index (χ4n) is 2.56. The number of hydrogen-bond donors (Lipinski definition) is 0. The molecular formula is C17H33NO. The van der Waals surface area contributed by atoms with Crippen molar-refractivity contribution in [1.82, 2.24) is 0 Å². The topological polar surface area (TPSA) is 21.6 Å². The minimum Gasteiger partial charge on any atom is -0.476 e. The lowest BCUT2D eigenvalue weighted by Gasteiger charge is -2.07. The summed E-state index contributed by atoms with van der Waals surface area (Å²) in [6.45, 7) is 6.52. The van der Waals surface area contributed by atoms with Crippen LogP contribution in [0, 0.1) is 0 Å². The van der Waals surface area contributed by atoms with E-state index >= 15 is 0 Å². The van der Waals surface area contributed by atoms with Crippen molar-refractivity contribution in [1.29, 1.82) is 0 Å². The van der Waals surface area contributed by atoms with Gasteiger partial charge in [-0.2, -0.15) is 0 Å². The van der Waals surface area contributed by atoms with Gasteiger partial charge in [-0.1, -0.05) is 64.7 Å². The minimum atomic E-state index is 0.290. The Morgan fingerprint density at radius 1 is 0.842 bits per heavy atom. The first-order valence-corrected chi connectivity index (χ1v) is 8.47. The van der Waals surface area contributed by atoms with Gasteiger partial charge in [-0.3, -0.25) is 0 Å². The van der Waals surface area contributed by atoms with Gasteiger partial charge in [0.25, 0.3) is 0 Å². The first-order chi connectivity index (χ1) is 9.24. The molecule has 0 saturated heterocycles. The van der Waals surface area contributed by atoms with E-state index in [4.69, 9.17) is 4.74 Å². The molecule has 1 aliphatic rings. The summed E-state index contributed by atoms with van der Waals surface area (Å²) in [7, 11) is 0. The van der Waals surface area contributed by atoms with Crippen LogP contribution in [0.1, 0.15) is 91.4 Å². The predicted molar refractivity (Wildman–Crippen MR) is 83.9 cm³/mol. The Morgan fingerprint density at radius 2 is 1.37 bits per heavy atom. The molecule has 112 valence electrons. The quantitative estimate of drug-likeness (QED) is 0.453. The van der Waals surface area contributed by atoms with Crippen LogP contribution >= 0.6 is 0 Å². The summed E-state index contributed by atoms with van der Waals surface area (Å²) >= 11 is 0. The Hall–Kier alpha value is -0.530. The van der Waals surface area contributed by atoms with Crippen LogP contribution in [0.4, 0.5) is 0 Å². The van der Waals surface area contributed by atoms with Crippen molar-refractivity contribution in [3.63, 3.8) is 0 Å². The number of hydrogen-bond acceptors (Lipinski definition) is 2. The van der Waals surface area contributed by atoms with Gasteiger partial charge < -0.3 is 4.74 Å². The van der Waals surface area contributed by atoms with Crippen LogP contribution in [0.3, 0.4) is 0 Å². The molecule has 0 aliphatic carbocycles. The molecule has 0 bridgehead atoms. The van der Waals surface area contributed by atoms with Crippen molar-refractivity contribution < 1.29 is 4.74 Å². The van der Waals surface area contributed by atoms with Gasteiger partial charge in [0.05, 0.1) is 6.04 Å². The summed E-state index contributed by atoms with van der Waals surface area (Å²) in [5, 5.41) is 0. The second kappa shape index (κ2) is 10.3. The van der Waals surface area contributed by atoms with Crippen LogP contribution in [0.25, 0.3) is 0 Å². The van der Waals surface area contributed by atoms with Crippen LogP contribution in [-0.4, -0.2) is 18.0 Å². The van der Waals surface area contributed by atoms with Crippen molar-refractivity contribution in [2.75, 3.05) is 0 Å². The highest BCUT2D eigenvalue weighted by atomic mass is 16.5. The van der Waals surface area contributed by atoms with E-state index in [1.54, 1.807) is 0 Å². The largest absolute Gasteiger partial charge is 0.476 e. The lowest BCUT2D eigenvalue weighted by molar-refractivity contribution is 0.213. The summed E-state index contributed by atoms with van der Waals surface area (Å²) < 4.78 is 5.71. The van der Waals surface area contributed by atoms with E-state index in [-0.39, 0.29) is 6.10 Å². The molecule has 0 aromatic rings. The normalized spacial score (nSPS) is 22.4. The lowest BCUT2D eigenvalue weighted by Crippen LogP contribution is -2.14. The van der Waals surface area contributed by atoms with E-state index in [2.05, 4.69) is 25.8 Å². The van der Waals surface area contributed by atoms with E-state index in [1.165, 1.54) is 64.2 Å². The number of aliphatic imine (C=N–C) groups is 1. The highest BCUT2D eigenvalue weighted by Crippen LogP contribution is 2.17. The third-order valence-electron chi connectivity index (χ3n) is 4.09. The second-order valence-electron chi connectivity index (χ2n) is 6.02.